The van der Waals surface area contributed by atoms with Gasteiger partial charge in [0.25, 0.3) is 0 Å². The predicted molar refractivity (Wildman–Crippen MR) is 86.3 cm³/mol. The molecule has 22 heavy (non-hydrogen) atoms. The van der Waals surface area contributed by atoms with Gasteiger partial charge < -0.3 is 20.9 Å². The predicted octanol–water partition coefficient (Wildman–Crippen LogP) is 1.51. The number of hydrogen-bond donors (Lipinski definition) is 2. The van der Waals surface area contributed by atoms with E-state index in [0.29, 0.717) is 35.7 Å². The number of ether oxygens (including phenoxy) is 2. The van der Waals surface area contributed by atoms with Gasteiger partial charge in [-0.2, -0.15) is 0 Å². The molecule has 1 heterocycles. The van der Waals surface area contributed by atoms with Crippen LogP contribution in [0.25, 0.3) is 0 Å². The van der Waals surface area contributed by atoms with Gasteiger partial charge in [0.15, 0.2) is 0 Å². The molecule has 1 aliphatic rings. The number of esters is 1. The van der Waals surface area contributed by atoms with Crippen LogP contribution >= 0.6 is 11.6 Å². The molecule has 0 atom stereocenters. The van der Waals surface area contributed by atoms with Crippen molar-refractivity contribution in [3.05, 3.63) is 22.7 Å². The Labute approximate surface area is 135 Å². The molecule has 0 unspecified atom stereocenters. The van der Waals surface area contributed by atoms with Crippen LogP contribution in [0.3, 0.4) is 0 Å². The molecular weight excluding hydrogens is 306 g/mol. The summed E-state index contributed by atoms with van der Waals surface area (Å²) in [5.74, 6) is -0.108. The third kappa shape index (κ3) is 4.25. The molecule has 1 aliphatic heterocycles. The lowest BCUT2D eigenvalue weighted by Crippen LogP contribution is -2.41. The van der Waals surface area contributed by atoms with Gasteiger partial charge in [0.05, 0.1) is 17.8 Å². The van der Waals surface area contributed by atoms with Gasteiger partial charge in [0, 0.05) is 18.7 Å². The van der Waals surface area contributed by atoms with Gasteiger partial charge >= 0.3 is 5.97 Å². The molecule has 0 bridgehead atoms. The van der Waals surface area contributed by atoms with E-state index in [1.807, 2.05) is 0 Å². The molecule has 4 N–H and O–H groups in total. The molecule has 0 aromatic heterocycles. The highest BCUT2D eigenvalue weighted by molar-refractivity contribution is 6.33. The second kappa shape index (κ2) is 7.67. The number of carbonyl (C=O) groups excluding carboxylic acids is 1. The smallest absolute Gasteiger partial charge is 0.342 e. The molecule has 1 aromatic rings. The van der Waals surface area contributed by atoms with Crippen LogP contribution in [0.2, 0.25) is 5.02 Å². The molecule has 122 valence electrons. The number of piperidine rings is 1. The maximum Gasteiger partial charge on any atom is 0.342 e. The van der Waals surface area contributed by atoms with E-state index in [4.69, 9.17) is 32.5 Å². The largest absolute Gasteiger partial charge is 0.496 e. The van der Waals surface area contributed by atoms with E-state index < -0.39 is 5.97 Å². The lowest BCUT2D eigenvalue weighted by Gasteiger charge is -2.29. The van der Waals surface area contributed by atoms with Gasteiger partial charge in [0.1, 0.15) is 17.9 Å². The van der Waals surface area contributed by atoms with Gasteiger partial charge in [-0.25, -0.2) is 4.79 Å². The molecule has 2 rings (SSSR count). The number of rotatable bonds is 5. The molecule has 0 amide bonds. The number of benzene rings is 1. The molecule has 7 heteroatoms. The van der Waals surface area contributed by atoms with Crippen LogP contribution in [0.1, 0.15) is 23.2 Å². The Kier molecular flexibility index (Phi) is 5.88. The topological polar surface area (TPSA) is 90.8 Å². The third-order valence-corrected chi connectivity index (χ3v) is 4.14. The fourth-order valence-electron chi connectivity index (χ4n) is 2.42. The van der Waals surface area contributed by atoms with Crippen LogP contribution in [-0.4, -0.2) is 50.3 Å². The third-order valence-electron chi connectivity index (χ3n) is 3.81. The van der Waals surface area contributed by atoms with Crippen molar-refractivity contribution in [3.8, 4) is 5.75 Å². The molecule has 6 nitrogen and oxygen atoms in total. The molecule has 1 fully saturated rings. The van der Waals surface area contributed by atoms with Crippen molar-refractivity contribution in [3.63, 3.8) is 0 Å². The number of likely N-dealkylation sites (tertiary alicyclic amines) is 1. The average Bonchev–Trinajstić information content (AvgIpc) is 2.51. The first-order valence-corrected chi connectivity index (χ1v) is 7.67. The molecule has 1 saturated heterocycles. The number of nitrogens with two attached hydrogens (primary N) is 2. The number of hydrogen-bond acceptors (Lipinski definition) is 6. The minimum atomic E-state index is -0.465. The fraction of sp³-hybridized carbons (Fsp3) is 0.533. The van der Waals surface area contributed by atoms with Gasteiger partial charge in [-0.15, -0.1) is 0 Å². The van der Waals surface area contributed by atoms with Crippen molar-refractivity contribution >= 4 is 23.3 Å². The fourth-order valence-corrected chi connectivity index (χ4v) is 2.58. The number of carbonyl (C=O) groups is 1. The summed E-state index contributed by atoms with van der Waals surface area (Å²) in [5.41, 5.74) is 12.2. The number of anilines is 1. The van der Waals surface area contributed by atoms with E-state index in [2.05, 4.69) is 4.90 Å². The van der Waals surface area contributed by atoms with E-state index >= 15 is 0 Å². The number of nitrogen functional groups attached to an aromatic ring is 1. The summed E-state index contributed by atoms with van der Waals surface area (Å²) < 4.78 is 10.5. The van der Waals surface area contributed by atoms with Gasteiger partial charge in [-0.05, 0) is 32.0 Å². The highest BCUT2D eigenvalue weighted by Gasteiger charge is 2.18. The van der Waals surface area contributed by atoms with Crippen molar-refractivity contribution < 1.29 is 14.3 Å². The van der Waals surface area contributed by atoms with E-state index in [1.165, 1.54) is 19.2 Å². The maximum atomic E-state index is 12.1. The van der Waals surface area contributed by atoms with Crippen LogP contribution in [-0.2, 0) is 4.74 Å². The van der Waals surface area contributed by atoms with E-state index in [9.17, 15) is 4.79 Å². The molecule has 0 saturated carbocycles. The van der Waals surface area contributed by atoms with Crippen LogP contribution in [0, 0.1) is 0 Å². The summed E-state index contributed by atoms with van der Waals surface area (Å²) in [6.45, 7) is 2.90. The second-order valence-electron chi connectivity index (χ2n) is 5.39. The zero-order valence-corrected chi connectivity index (χ0v) is 13.4. The first-order valence-electron chi connectivity index (χ1n) is 7.29. The summed E-state index contributed by atoms with van der Waals surface area (Å²) >= 11 is 5.95. The highest BCUT2D eigenvalue weighted by atomic mass is 35.5. The summed E-state index contributed by atoms with van der Waals surface area (Å²) in [6.07, 6.45) is 1.96. The molecule has 0 aliphatic carbocycles. The highest BCUT2D eigenvalue weighted by Crippen LogP contribution is 2.29. The van der Waals surface area contributed by atoms with Crippen molar-refractivity contribution in [2.24, 2.45) is 5.73 Å². The quantitative estimate of drug-likeness (QED) is 0.629. The maximum absolute atomic E-state index is 12.1. The zero-order valence-electron chi connectivity index (χ0n) is 12.7. The SMILES string of the molecule is COc1cc(N)c(Cl)cc1C(=O)OCCN1CCC(N)CC1. The molecular formula is C15H22ClN3O3. The zero-order chi connectivity index (χ0) is 16.1. The van der Waals surface area contributed by atoms with Crippen LogP contribution in [0.15, 0.2) is 12.1 Å². The Hall–Kier alpha value is -1.50. The normalized spacial score (nSPS) is 16.5. The van der Waals surface area contributed by atoms with E-state index in [0.717, 1.165) is 25.9 Å². The Morgan fingerprint density at radius 1 is 1.41 bits per heavy atom. The van der Waals surface area contributed by atoms with Crippen LogP contribution in [0.4, 0.5) is 5.69 Å². The monoisotopic (exact) mass is 327 g/mol. The Morgan fingerprint density at radius 2 is 2.09 bits per heavy atom. The van der Waals surface area contributed by atoms with Crippen molar-refractivity contribution in [1.82, 2.24) is 4.90 Å². The van der Waals surface area contributed by atoms with E-state index in [-0.39, 0.29) is 5.56 Å². The number of nitrogens with zero attached hydrogens (tertiary/aromatic N) is 1. The Morgan fingerprint density at radius 3 is 2.73 bits per heavy atom. The lowest BCUT2D eigenvalue weighted by atomic mass is 10.1. The van der Waals surface area contributed by atoms with Crippen LogP contribution in [0.5, 0.6) is 5.75 Å². The van der Waals surface area contributed by atoms with Gasteiger partial charge in [0.2, 0.25) is 0 Å². The first kappa shape index (κ1) is 16.9. The minimum Gasteiger partial charge on any atom is -0.496 e. The number of halogens is 1. The molecule has 0 radical (unpaired) electrons. The molecule has 1 aromatic carbocycles. The van der Waals surface area contributed by atoms with Gasteiger partial charge in [-0.3, -0.25) is 4.90 Å². The minimum absolute atomic E-state index is 0.280. The second-order valence-corrected chi connectivity index (χ2v) is 5.80. The Bertz CT molecular complexity index is 531. The summed E-state index contributed by atoms with van der Waals surface area (Å²) in [6, 6.07) is 3.28. The lowest BCUT2D eigenvalue weighted by molar-refractivity contribution is 0.0445. The Balaban J connectivity index is 1.88. The number of methoxy groups -OCH3 is 1. The van der Waals surface area contributed by atoms with E-state index in [1.54, 1.807) is 0 Å². The molecule has 0 spiro atoms. The average molecular weight is 328 g/mol. The van der Waals surface area contributed by atoms with Crippen molar-refractivity contribution in [2.75, 3.05) is 39.1 Å². The summed E-state index contributed by atoms with van der Waals surface area (Å²) in [5, 5.41) is 0.303. The van der Waals surface area contributed by atoms with Crippen LogP contribution < -0.4 is 16.2 Å². The van der Waals surface area contributed by atoms with Crippen molar-refractivity contribution in [1.29, 1.82) is 0 Å². The summed E-state index contributed by atoms with van der Waals surface area (Å²) in [7, 11) is 1.47. The summed E-state index contributed by atoms with van der Waals surface area (Å²) in [4.78, 5) is 14.4. The van der Waals surface area contributed by atoms with Crippen molar-refractivity contribution in [2.45, 2.75) is 18.9 Å². The first-order chi connectivity index (χ1) is 10.5. The standard InChI is InChI=1S/C15H22ClN3O3/c1-21-14-9-13(18)12(16)8-11(14)15(20)22-7-6-19-4-2-10(17)3-5-19/h8-10H,2-7,17-18H2,1H3. The van der Waals surface area contributed by atoms with Gasteiger partial charge in [-0.1, -0.05) is 11.6 Å².